The van der Waals surface area contributed by atoms with E-state index in [9.17, 15) is 9.90 Å². The first-order valence-corrected chi connectivity index (χ1v) is 13.1. The number of hydrogen-bond acceptors (Lipinski definition) is 5. The number of hydrogen-bond donors (Lipinski definition) is 4. The number of nitrogens with zero attached hydrogens (tertiary/aromatic N) is 1. The first-order valence-electron chi connectivity index (χ1n) is 13.1. The average Bonchev–Trinajstić information content (AvgIpc) is 3.27. The highest BCUT2D eigenvalue weighted by molar-refractivity contribution is 5.80. The third-order valence-electron chi connectivity index (χ3n) is 6.91. The van der Waals surface area contributed by atoms with Crippen LogP contribution < -0.4 is 16.5 Å². The minimum Gasteiger partial charge on any atom is -0.478 e. The molecule has 3 atom stereocenters. The molecule has 1 aromatic carbocycles. The minimum atomic E-state index is -0.923. The minimum absolute atomic E-state index is 0.0743. The molecule has 0 aliphatic heterocycles. The molecule has 204 valence electrons. The van der Waals surface area contributed by atoms with Crippen LogP contribution in [0.4, 0.5) is 0 Å². The summed E-state index contributed by atoms with van der Waals surface area (Å²) in [5.41, 5.74) is 6.91. The molecule has 1 aliphatic rings. The highest BCUT2D eigenvalue weighted by Gasteiger charge is 2.36. The van der Waals surface area contributed by atoms with Crippen LogP contribution in [0.3, 0.4) is 0 Å². The summed E-state index contributed by atoms with van der Waals surface area (Å²) in [5, 5.41) is 17.8. The third-order valence-corrected chi connectivity index (χ3v) is 6.91. The molecule has 0 aromatic heterocycles. The van der Waals surface area contributed by atoms with Gasteiger partial charge in [0, 0.05) is 36.0 Å². The molecule has 1 saturated carbocycles. The van der Waals surface area contributed by atoms with E-state index >= 15 is 0 Å². The van der Waals surface area contributed by atoms with Gasteiger partial charge >= 0.3 is 5.97 Å². The molecule has 0 amide bonds. The molecular weight excluding hydrogens is 472 g/mol. The number of aryl methyl sites for hydroxylation is 1. The maximum absolute atomic E-state index is 11.3. The van der Waals surface area contributed by atoms with E-state index in [-0.39, 0.29) is 17.9 Å². The second-order valence-corrected chi connectivity index (χ2v) is 9.98. The van der Waals surface area contributed by atoms with Crippen LogP contribution in [0, 0.1) is 18.8 Å². The molecular formula is C32H44N4O2. The lowest BCUT2D eigenvalue weighted by Gasteiger charge is -2.30. The van der Waals surface area contributed by atoms with Crippen LogP contribution >= 0.6 is 0 Å². The average molecular weight is 517 g/mol. The Balaban J connectivity index is 2.30. The highest BCUT2D eigenvalue weighted by Crippen LogP contribution is 2.38. The first kappa shape index (κ1) is 30.5. The van der Waals surface area contributed by atoms with Crippen LogP contribution in [-0.2, 0) is 11.3 Å². The van der Waals surface area contributed by atoms with Gasteiger partial charge in [0.2, 0.25) is 0 Å². The summed E-state index contributed by atoms with van der Waals surface area (Å²) in [6.07, 6.45) is 9.79. The van der Waals surface area contributed by atoms with Crippen molar-refractivity contribution in [3.63, 3.8) is 0 Å². The molecule has 38 heavy (non-hydrogen) atoms. The summed E-state index contributed by atoms with van der Waals surface area (Å²) < 4.78 is 0. The van der Waals surface area contributed by atoms with Gasteiger partial charge in [-0.3, -0.25) is 5.01 Å². The van der Waals surface area contributed by atoms with Gasteiger partial charge in [0.25, 0.3) is 0 Å². The molecule has 0 heterocycles. The molecule has 1 fully saturated rings. The van der Waals surface area contributed by atoms with Crippen molar-refractivity contribution in [1.82, 2.24) is 15.6 Å². The molecule has 0 saturated heterocycles. The number of hydrazine groups is 1. The molecule has 1 aliphatic carbocycles. The lowest BCUT2D eigenvalue weighted by atomic mass is 9.87. The van der Waals surface area contributed by atoms with E-state index in [1.54, 1.807) is 5.01 Å². The van der Waals surface area contributed by atoms with E-state index in [0.29, 0.717) is 23.5 Å². The Morgan fingerprint density at radius 3 is 2.50 bits per heavy atom. The van der Waals surface area contributed by atoms with Crippen molar-refractivity contribution in [2.24, 2.45) is 17.7 Å². The van der Waals surface area contributed by atoms with Crippen molar-refractivity contribution in [2.75, 3.05) is 0 Å². The molecule has 6 heteroatoms. The second kappa shape index (κ2) is 14.2. The molecule has 2 rings (SSSR count). The number of carbonyl (C=O) groups is 1. The predicted octanol–water partition coefficient (Wildman–Crippen LogP) is 6.24. The summed E-state index contributed by atoms with van der Waals surface area (Å²) in [4.78, 5) is 11.3. The van der Waals surface area contributed by atoms with Gasteiger partial charge in [-0.1, -0.05) is 74.2 Å². The normalized spacial score (nSPS) is 20.0. The van der Waals surface area contributed by atoms with Gasteiger partial charge in [-0.25, -0.2) is 10.6 Å². The standard InChI is InChI=1S/C32H44N4O2/c1-9-12-30(35-29-16-15-28(27(29)10-2)24(7)19-32(37)38)31(36(33)21(3)4)18-23(6)25(8)34-20-26-14-11-13-22(5)17-26/h10-14,17-19,27-29,34-35H,2-3,6,8-9,15-16,20,33H2,1,4-5,7H3,(H,37,38)/b24-19+,30-12+,31-18-. The molecule has 0 spiro atoms. The molecule has 3 unspecified atom stereocenters. The van der Waals surface area contributed by atoms with E-state index in [1.165, 1.54) is 11.6 Å². The largest absolute Gasteiger partial charge is 0.478 e. The van der Waals surface area contributed by atoms with Crippen molar-refractivity contribution in [3.05, 3.63) is 120 Å². The fourth-order valence-corrected chi connectivity index (χ4v) is 4.87. The number of nitrogens with one attached hydrogen (secondary N) is 2. The quantitative estimate of drug-likeness (QED) is 0.0769. The predicted molar refractivity (Wildman–Crippen MR) is 158 cm³/mol. The van der Waals surface area contributed by atoms with Gasteiger partial charge in [0.05, 0.1) is 11.4 Å². The van der Waals surface area contributed by atoms with E-state index in [0.717, 1.165) is 41.8 Å². The lowest BCUT2D eigenvalue weighted by molar-refractivity contribution is -0.131. The Hall–Kier alpha value is -3.77. The fraction of sp³-hybridized carbons (Fsp3) is 0.344. The van der Waals surface area contributed by atoms with Crippen molar-refractivity contribution >= 4 is 5.97 Å². The Morgan fingerprint density at radius 1 is 1.21 bits per heavy atom. The number of rotatable bonds is 14. The van der Waals surface area contributed by atoms with Crippen LogP contribution in [-0.4, -0.2) is 22.1 Å². The summed E-state index contributed by atoms with van der Waals surface area (Å²) in [5.74, 6) is 5.77. The van der Waals surface area contributed by atoms with Crippen molar-refractivity contribution in [2.45, 2.75) is 59.5 Å². The van der Waals surface area contributed by atoms with Gasteiger partial charge < -0.3 is 15.7 Å². The topological polar surface area (TPSA) is 90.6 Å². The van der Waals surface area contributed by atoms with E-state index in [4.69, 9.17) is 5.84 Å². The van der Waals surface area contributed by atoms with Crippen molar-refractivity contribution in [1.29, 1.82) is 0 Å². The van der Waals surface area contributed by atoms with Crippen molar-refractivity contribution in [3.8, 4) is 0 Å². The zero-order valence-corrected chi connectivity index (χ0v) is 23.4. The molecule has 1 aromatic rings. The van der Waals surface area contributed by atoms with E-state index < -0.39 is 5.97 Å². The van der Waals surface area contributed by atoms with Crippen LogP contribution in [0.25, 0.3) is 0 Å². The molecule has 6 nitrogen and oxygen atoms in total. The van der Waals surface area contributed by atoms with Crippen molar-refractivity contribution < 1.29 is 9.90 Å². The Labute approximate surface area is 228 Å². The Bertz CT molecular complexity index is 1160. The van der Waals surface area contributed by atoms with Gasteiger partial charge in [0.15, 0.2) is 0 Å². The Kier molecular flexibility index (Phi) is 11.4. The van der Waals surface area contributed by atoms with Crippen LogP contribution in [0.2, 0.25) is 0 Å². The van der Waals surface area contributed by atoms with E-state index in [2.05, 4.69) is 75.1 Å². The smallest absolute Gasteiger partial charge is 0.328 e. The number of carboxylic acids is 1. The summed E-state index contributed by atoms with van der Waals surface area (Å²) in [6, 6.07) is 8.39. The third kappa shape index (κ3) is 8.38. The maximum Gasteiger partial charge on any atom is 0.328 e. The van der Waals surface area contributed by atoms with Gasteiger partial charge in [0.1, 0.15) is 0 Å². The monoisotopic (exact) mass is 516 g/mol. The molecule has 5 N–H and O–H groups in total. The van der Waals surface area contributed by atoms with Gasteiger partial charge in [-0.05, 0) is 63.2 Å². The first-order chi connectivity index (χ1) is 18.0. The number of allylic oxidation sites excluding steroid dienone is 4. The Morgan fingerprint density at radius 2 is 1.92 bits per heavy atom. The lowest BCUT2D eigenvalue weighted by Crippen LogP contribution is -2.38. The SMILES string of the molecule is C=CC1C(NC(=C/CC)/C(=C/C(=C)C(=C)NCc2cccc(C)c2)N(N)C(=C)C)CCC1/C(C)=C/C(=O)O. The maximum atomic E-state index is 11.3. The van der Waals surface area contributed by atoms with Crippen LogP contribution in [0.15, 0.2) is 109 Å². The van der Waals surface area contributed by atoms with Gasteiger partial charge in [-0.2, -0.15) is 0 Å². The summed E-state index contributed by atoms with van der Waals surface area (Å²) in [6.45, 7) is 25.0. The summed E-state index contributed by atoms with van der Waals surface area (Å²) >= 11 is 0. The zero-order valence-electron chi connectivity index (χ0n) is 23.4. The number of nitrogens with two attached hydrogens (primary N) is 1. The molecule has 0 radical (unpaired) electrons. The number of carboxylic acid groups (broad SMARTS) is 1. The zero-order chi connectivity index (χ0) is 28.4. The van der Waals surface area contributed by atoms with E-state index in [1.807, 2.05) is 32.1 Å². The van der Waals surface area contributed by atoms with Crippen LogP contribution in [0.5, 0.6) is 0 Å². The number of benzene rings is 1. The number of aliphatic carboxylic acids is 1. The second-order valence-electron chi connectivity index (χ2n) is 9.98. The van der Waals surface area contributed by atoms with Crippen LogP contribution in [0.1, 0.15) is 51.2 Å². The van der Waals surface area contributed by atoms with Gasteiger partial charge in [-0.15, -0.1) is 6.58 Å². The summed E-state index contributed by atoms with van der Waals surface area (Å²) in [7, 11) is 0. The molecule has 0 bridgehead atoms. The fourth-order valence-electron chi connectivity index (χ4n) is 4.87. The highest BCUT2D eigenvalue weighted by atomic mass is 16.4.